The molecule has 1 atom stereocenters. The topological polar surface area (TPSA) is 84.9 Å². The van der Waals surface area contributed by atoms with E-state index in [0.29, 0.717) is 24.7 Å². The Morgan fingerprint density at radius 2 is 1.79 bits per heavy atom. The highest BCUT2D eigenvalue weighted by molar-refractivity contribution is 7.92. The molecule has 28 heavy (non-hydrogen) atoms. The standard InChI is InChI=1S/C19H21FN2O5S/c1-13(14-3-8-17-18(11-14)27-10-9-26-17)21-19(23)12-22(28(2,24)25)16-6-4-15(20)5-7-16/h3-8,11,13H,9-10,12H2,1-2H3,(H,21,23). The summed E-state index contributed by atoms with van der Waals surface area (Å²) in [6.45, 7) is 2.31. The van der Waals surface area contributed by atoms with Crippen molar-refractivity contribution in [1.29, 1.82) is 0 Å². The zero-order valence-corrected chi connectivity index (χ0v) is 16.3. The largest absolute Gasteiger partial charge is 0.486 e. The van der Waals surface area contributed by atoms with E-state index in [4.69, 9.17) is 9.47 Å². The number of fused-ring (bicyclic) bond motifs is 1. The number of nitrogens with zero attached hydrogens (tertiary/aromatic N) is 1. The van der Waals surface area contributed by atoms with Gasteiger partial charge in [0.15, 0.2) is 11.5 Å². The van der Waals surface area contributed by atoms with Crippen LogP contribution in [0.5, 0.6) is 11.5 Å². The molecule has 0 spiro atoms. The average Bonchev–Trinajstić information content (AvgIpc) is 2.65. The lowest BCUT2D eigenvalue weighted by atomic mass is 10.1. The van der Waals surface area contributed by atoms with Crippen LogP contribution in [0.2, 0.25) is 0 Å². The van der Waals surface area contributed by atoms with Crippen LogP contribution in [0.3, 0.4) is 0 Å². The second kappa shape index (κ2) is 8.05. The van der Waals surface area contributed by atoms with Gasteiger partial charge in [-0.2, -0.15) is 0 Å². The van der Waals surface area contributed by atoms with Gasteiger partial charge in [-0.1, -0.05) is 6.07 Å². The van der Waals surface area contributed by atoms with E-state index in [2.05, 4.69) is 5.32 Å². The molecule has 0 saturated heterocycles. The summed E-state index contributed by atoms with van der Waals surface area (Å²) in [6, 6.07) is 9.90. The van der Waals surface area contributed by atoms with Gasteiger partial charge < -0.3 is 14.8 Å². The van der Waals surface area contributed by atoms with Crippen molar-refractivity contribution in [3.8, 4) is 11.5 Å². The lowest BCUT2D eigenvalue weighted by Crippen LogP contribution is -2.41. The second-order valence-corrected chi connectivity index (χ2v) is 8.35. The summed E-state index contributed by atoms with van der Waals surface area (Å²) in [7, 11) is -3.72. The number of halogens is 1. The lowest BCUT2D eigenvalue weighted by Gasteiger charge is -2.24. The minimum absolute atomic E-state index is 0.214. The Kier molecular flexibility index (Phi) is 5.73. The van der Waals surface area contributed by atoms with Crippen LogP contribution < -0.4 is 19.1 Å². The first-order valence-corrected chi connectivity index (χ1v) is 10.5. The number of hydrogen-bond donors (Lipinski definition) is 1. The number of amides is 1. The van der Waals surface area contributed by atoms with Crippen LogP contribution in [0, 0.1) is 5.82 Å². The summed E-state index contributed by atoms with van der Waals surface area (Å²) >= 11 is 0. The summed E-state index contributed by atoms with van der Waals surface area (Å²) in [4.78, 5) is 12.5. The Morgan fingerprint density at radius 1 is 1.14 bits per heavy atom. The van der Waals surface area contributed by atoms with Crippen LogP contribution in [0.1, 0.15) is 18.5 Å². The third-order valence-electron chi connectivity index (χ3n) is 4.25. The van der Waals surface area contributed by atoms with Gasteiger partial charge in [-0.25, -0.2) is 12.8 Å². The van der Waals surface area contributed by atoms with E-state index in [1.807, 2.05) is 6.07 Å². The third kappa shape index (κ3) is 4.72. The number of carbonyl (C=O) groups excluding carboxylic acids is 1. The molecule has 2 aromatic rings. The summed E-state index contributed by atoms with van der Waals surface area (Å²) in [5.41, 5.74) is 1.01. The summed E-state index contributed by atoms with van der Waals surface area (Å²) in [5, 5.41) is 2.77. The van der Waals surface area contributed by atoms with Crippen molar-refractivity contribution in [2.45, 2.75) is 13.0 Å². The van der Waals surface area contributed by atoms with E-state index in [1.54, 1.807) is 19.1 Å². The van der Waals surface area contributed by atoms with Crippen molar-refractivity contribution < 1.29 is 27.1 Å². The molecule has 9 heteroatoms. The molecule has 1 aliphatic rings. The minimum atomic E-state index is -3.72. The van der Waals surface area contributed by atoms with E-state index < -0.39 is 28.3 Å². The Balaban J connectivity index is 1.71. The molecule has 0 aromatic heterocycles. The van der Waals surface area contributed by atoms with Gasteiger partial charge in [-0.3, -0.25) is 9.10 Å². The van der Waals surface area contributed by atoms with Gasteiger partial charge in [0, 0.05) is 0 Å². The highest BCUT2D eigenvalue weighted by Gasteiger charge is 2.22. The van der Waals surface area contributed by atoms with Crippen molar-refractivity contribution in [3.63, 3.8) is 0 Å². The van der Waals surface area contributed by atoms with Gasteiger partial charge in [-0.05, 0) is 48.9 Å². The normalized spacial score (nSPS) is 14.2. The molecule has 1 amide bonds. The number of benzene rings is 2. The molecule has 1 unspecified atom stereocenters. The molecule has 150 valence electrons. The van der Waals surface area contributed by atoms with Crippen LogP contribution in [-0.4, -0.2) is 40.3 Å². The molecular weight excluding hydrogens is 387 g/mol. The van der Waals surface area contributed by atoms with Crippen molar-refractivity contribution in [3.05, 3.63) is 53.8 Å². The van der Waals surface area contributed by atoms with E-state index in [9.17, 15) is 17.6 Å². The molecule has 0 fully saturated rings. The number of hydrogen-bond acceptors (Lipinski definition) is 5. The average molecular weight is 408 g/mol. The zero-order valence-electron chi connectivity index (χ0n) is 15.5. The molecule has 0 aliphatic carbocycles. The smallest absolute Gasteiger partial charge is 0.241 e. The van der Waals surface area contributed by atoms with Gasteiger partial charge >= 0.3 is 0 Å². The highest BCUT2D eigenvalue weighted by atomic mass is 32.2. The van der Waals surface area contributed by atoms with Gasteiger partial charge in [0.2, 0.25) is 15.9 Å². The Morgan fingerprint density at radius 3 is 2.43 bits per heavy atom. The summed E-state index contributed by atoms with van der Waals surface area (Å²) in [6.07, 6.45) is 0.994. The molecule has 1 N–H and O–H groups in total. The van der Waals surface area contributed by atoms with Crippen LogP contribution in [0.25, 0.3) is 0 Å². The van der Waals surface area contributed by atoms with Crippen LogP contribution in [0.4, 0.5) is 10.1 Å². The number of anilines is 1. The first kappa shape index (κ1) is 19.9. The molecule has 3 rings (SSSR count). The molecule has 7 nitrogen and oxygen atoms in total. The van der Waals surface area contributed by atoms with Crippen molar-refractivity contribution in [1.82, 2.24) is 5.32 Å². The van der Waals surface area contributed by atoms with Crippen molar-refractivity contribution >= 4 is 21.6 Å². The monoisotopic (exact) mass is 408 g/mol. The predicted octanol–water partition coefficient (Wildman–Crippen LogP) is 2.24. The molecule has 2 aromatic carbocycles. The zero-order chi connectivity index (χ0) is 20.3. The first-order valence-electron chi connectivity index (χ1n) is 8.66. The number of carbonyl (C=O) groups is 1. The summed E-state index contributed by atoms with van der Waals surface area (Å²) < 4.78 is 49.2. The van der Waals surface area contributed by atoms with Crippen LogP contribution in [0.15, 0.2) is 42.5 Å². The molecule has 0 saturated carbocycles. The van der Waals surface area contributed by atoms with Crippen LogP contribution in [-0.2, 0) is 14.8 Å². The summed E-state index contributed by atoms with van der Waals surface area (Å²) in [5.74, 6) is 0.271. The molecular formula is C19H21FN2O5S. The molecule has 1 aliphatic heterocycles. The fourth-order valence-corrected chi connectivity index (χ4v) is 3.69. The first-order chi connectivity index (χ1) is 13.2. The third-order valence-corrected chi connectivity index (χ3v) is 5.39. The van der Waals surface area contributed by atoms with Crippen molar-refractivity contribution in [2.24, 2.45) is 0 Å². The quantitative estimate of drug-likeness (QED) is 0.793. The van der Waals surface area contributed by atoms with Gasteiger partial charge in [-0.15, -0.1) is 0 Å². The van der Waals surface area contributed by atoms with Gasteiger partial charge in [0.1, 0.15) is 25.6 Å². The maximum absolute atomic E-state index is 13.1. The number of rotatable bonds is 6. The van der Waals surface area contributed by atoms with Gasteiger partial charge in [0.05, 0.1) is 18.0 Å². The fraction of sp³-hybridized carbons (Fsp3) is 0.316. The van der Waals surface area contributed by atoms with E-state index in [1.165, 1.54) is 12.1 Å². The lowest BCUT2D eigenvalue weighted by molar-refractivity contribution is -0.120. The van der Waals surface area contributed by atoms with E-state index in [0.717, 1.165) is 28.3 Å². The minimum Gasteiger partial charge on any atom is -0.486 e. The van der Waals surface area contributed by atoms with Crippen molar-refractivity contribution in [2.75, 3.05) is 30.3 Å². The van der Waals surface area contributed by atoms with Gasteiger partial charge in [0.25, 0.3) is 0 Å². The maximum Gasteiger partial charge on any atom is 0.241 e. The number of ether oxygens (including phenoxy) is 2. The molecule has 0 radical (unpaired) electrons. The highest BCUT2D eigenvalue weighted by Crippen LogP contribution is 2.32. The SMILES string of the molecule is CC(NC(=O)CN(c1ccc(F)cc1)S(C)(=O)=O)c1ccc2c(c1)OCCO2. The van der Waals surface area contributed by atoms with E-state index >= 15 is 0 Å². The predicted molar refractivity (Wildman–Crippen MR) is 103 cm³/mol. The molecule has 1 heterocycles. The Hall–Kier alpha value is -2.81. The fourth-order valence-electron chi connectivity index (χ4n) is 2.84. The molecule has 0 bridgehead atoms. The Bertz CT molecular complexity index is 963. The van der Waals surface area contributed by atoms with Crippen LogP contribution >= 0.6 is 0 Å². The second-order valence-electron chi connectivity index (χ2n) is 6.44. The Labute approximate surface area is 163 Å². The maximum atomic E-state index is 13.1. The van der Waals surface area contributed by atoms with E-state index in [-0.39, 0.29) is 11.7 Å². The number of sulfonamides is 1. The number of nitrogens with one attached hydrogen (secondary N) is 1.